The average molecular weight is 352 g/mol. The van der Waals surface area contributed by atoms with Gasteiger partial charge in [-0.2, -0.15) is 10.2 Å². The van der Waals surface area contributed by atoms with Gasteiger partial charge in [0, 0.05) is 37.6 Å². The van der Waals surface area contributed by atoms with Crippen molar-refractivity contribution in [2.24, 2.45) is 14.1 Å². The van der Waals surface area contributed by atoms with Gasteiger partial charge in [0.05, 0.1) is 11.4 Å². The summed E-state index contributed by atoms with van der Waals surface area (Å²) in [6.07, 6.45) is 3.45. The summed E-state index contributed by atoms with van der Waals surface area (Å²) in [6.45, 7) is 0. The summed E-state index contributed by atoms with van der Waals surface area (Å²) in [5, 5.41) is 8.10. The minimum Gasteiger partial charge on any atom is -0.275 e. The van der Waals surface area contributed by atoms with Gasteiger partial charge in [0.1, 0.15) is 11.6 Å². The van der Waals surface area contributed by atoms with Crippen LogP contribution in [0.2, 0.25) is 0 Å². The first-order chi connectivity index (χ1) is 12.6. The highest BCUT2D eigenvalue weighted by molar-refractivity contribution is 5.60. The van der Waals surface area contributed by atoms with E-state index in [2.05, 4.69) is 10.2 Å². The molecule has 132 valence electrons. The van der Waals surface area contributed by atoms with Crippen molar-refractivity contribution in [2.75, 3.05) is 0 Å². The third-order valence-corrected chi connectivity index (χ3v) is 3.83. The standard InChI is InChI=1S/2C10H9FN2/c1-13-7-6-10(12-13)8-4-2-3-5-9(8)11;1-13-10(6-7-12-13)8-4-2-3-5-9(8)11/h2*2-7H,1H3. The van der Waals surface area contributed by atoms with Crippen molar-refractivity contribution < 1.29 is 8.78 Å². The van der Waals surface area contributed by atoms with Gasteiger partial charge < -0.3 is 0 Å². The Kier molecular flexibility index (Phi) is 5.22. The molecule has 0 N–H and O–H groups in total. The van der Waals surface area contributed by atoms with Crippen LogP contribution >= 0.6 is 0 Å². The molecule has 26 heavy (non-hydrogen) atoms. The molecule has 2 heterocycles. The summed E-state index contributed by atoms with van der Waals surface area (Å²) >= 11 is 0. The zero-order valence-corrected chi connectivity index (χ0v) is 14.5. The van der Waals surface area contributed by atoms with Crippen molar-refractivity contribution in [2.45, 2.75) is 0 Å². The second kappa shape index (κ2) is 7.74. The van der Waals surface area contributed by atoms with E-state index >= 15 is 0 Å². The molecule has 0 aliphatic heterocycles. The molecule has 0 unspecified atom stereocenters. The zero-order chi connectivity index (χ0) is 18.5. The molecular formula is C20H18F2N4. The van der Waals surface area contributed by atoms with Crippen LogP contribution in [-0.2, 0) is 14.1 Å². The molecule has 0 atom stereocenters. The van der Waals surface area contributed by atoms with Gasteiger partial charge in [-0.1, -0.05) is 24.3 Å². The van der Waals surface area contributed by atoms with Crippen LogP contribution in [0.15, 0.2) is 73.1 Å². The van der Waals surface area contributed by atoms with Gasteiger partial charge in [-0.25, -0.2) is 8.78 Å². The quantitative estimate of drug-likeness (QED) is 0.534. The van der Waals surface area contributed by atoms with Gasteiger partial charge in [0.25, 0.3) is 0 Å². The molecule has 4 rings (SSSR count). The summed E-state index contributed by atoms with van der Waals surface area (Å²) < 4.78 is 29.8. The number of hydrogen-bond donors (Lipinski definition) is 0. The van der Waals surface area contributed by atoms with Crippen LogP contribution in [0.5, 0.6) is 0 Å². The van der Waals surface area contributed by atoms with Gasteiger partial charge in [-0.05, 0) is 36.4 Å². The second-order valence-electron chi connectivity index (χ2n) is 5.67. The lowest BCUT2D eigenvalue weighted by atomic mass is 10.1. The van der Waals surface area contributed by atoms with Gasteiger partial charge in [0.15, 0.2) is 0 Å². The Morgan fingerprint density at radius 3 is 1.88 bits per heavy atom. The highest BCUT2D eigenvalue weighted by atomic mass is 19.1. The monoisotopic (exact) mass is 352 g/mol. The van der Waals surface area contributed by atoms with Gasteiger partial charge >= 0.3 is 0 Å². The fourth-order valence-corrected chi connectivity index (χ4v) is 2.53. The first-order valence-corrected chi connectivity index (χ1v) is 8.03. The number of aromatic nitrogens is 4. The molecule has 6 heteroatoms. The predicted molar refractivity (Wildman–Crippen MR) is 97.2 cm³/mol. The van der Waals surface area contributed by atoms with E-state index in [-0.39, 0.29) is 11.6 Å². The van der Waals surface area contributed by atoms with Crippen molar-refractivity contribution in [1.29, 1.82) is 0 Å². The minimum absolute atomic E-state index is 0.217. The third-order valence-electron chi connectivity index (χ3n) is 3.83. The highest BCUT2D eigenvalue weighted by Gasteiger charge is 2.06. The minimum atomic E-state index is -0.235. The molecule has 0 saturated carbocycles. The van der Waals surface area contributed by atoms with E-state index in [9.17, 15) is 8.78 Å². The van der Waals surface area contributed by atoms with E-state index in [1.54, 1.807) is 71.3 Å². The third kappa shape index (κ3) is 3.85. The summed E-state index contributed by atoms with van der Waals surface area (Å²) in [5.41, 5.74) is 2.59. The summed E-state index contributed by atoms with van der Waals surface area (Å²) in [7, 11) is 3.60. The maximum atomic E-state index is 13.3. The molecule has 0 spiro atoms. The lowest BCUT2D eigenvalue weighted by molar-refractivity contribution is 0.628. The molecule has 0 saturated heterocycles. The first-order valence-electron chi connectivity index (χ1n) is 8.03. The number of halogens is 2. The van der Waals surface area contributed by atoms with Crippen molar-refractivity contribution in [1.82, 2.24) is 19.6 Å². The summed E-state index contributed by atoms with van der Waals surface area (Å²) in [5.74, 6) is -0.452. The Labute approximate surface area is 150 Å². The van der Waals surface area contributed by atoms with Crippen LogP contribution in [0, 0.1) is 11.6 Å². The molecule has 2 aromatic heterocycles. The van der Waals surface area contributed by atoms with Crippen LogP contribution in [0.4, 0.5) is 8.78 Å². The number of rotatable bonds is 2. The normalized spacial score (nSPS) is 10.3. The predicted octanol–water partition coefficient (Wildman–Crippen LogP) is 4.45. The van der Waals surface area contributed by atoms with Crippen LogP contribution in [0.25, 0.3) is 22.5 Å². The van der Waals surface area contributed by atoms with E-state index in [0.29, 0.717) is 16.8 Å². The first kappa shape index (κ1) is 17.5. The van der Waals surface area contributed by atoms with Crippen LogP contribution in [0.1, 0.15) is 0 Å². The number of benzene rings is 2. The van der Waals surface area contributed by atoms with Crippen molar-refractivity contribution in [3.8, 4) is 22.5 Å². The van der Waals surface area contributed by atoms with Crippen LogP contribution in [0.3, 0.4) is 0 Å². The van der Waals surface area contributed by atoms with E-state index in [0.717, 1.165) is 5.69 Å². The van der Waals surface area contributed by atoms with Gasteiger partial charge in [-0.15, -0.1) is 0 Å². The van der Waals surface area contributed by atoms with Crippen molar-refractivity contribution in [3.63, 3.8) is 0 Å². The number of nitrogens with zero attached hydrogens (tertiary/aromatic N) is 4. The van der Waals surface area contributed by atoms with E-state index in [4.69, 9.17) is 0 Å². The Bertz CT molecular complexity index is 1000. The average Bonchev–Trinajstić information content (AvgIpc) is 3.25. The Morgan fingerprint density at radius 1 is 0.769 bits per heavy atom. The largest absolute Gasteiger partial charge is 0.275 e. The van der Waals surface area contributed by atoms with Crippen LogP contribution < -0.4 is 0 Å². The lowest BCUT2D eigenvalue weighted by Gasteiger charge is -2.02. The number of hydrogen-bond acceptors (Lipinski definition) is 2. The molecule has 4 aromatic rings. The Balaban J connectivity index is 0.000000151. The topological polar surface area (TPSA) is 35.6 Å². The van der Waals surface area contributed by atoms with E-state index in [1.165, 1.54) is 12.1 Å². The molecule has 0 aliphatic carbocycles. The molecule has 0 bridgehead atoms. The Morgan fingerprint density at radius 2 is 1.38 bits per heavy atom. The maximum absolute atomic E-state index is 13.3. The lowest BCUT2D eigenvalue weighted by Crippen LogP contribution is -1.94. The van der Waals surface area contributed by atoms with E-state index in [1.807, 2.05) is 13.1 Å². The molecule has 0 aliphatic rings. The van der Waals surface area contributed by atoms with Crippen molar-refractivity contribution >= 4 is 0 Å². The molecule has 4 nitrogen and oxygen atoms in total. The summed E-state index contributed by atoms with van der Waals surface area (Å²) in [4.78, 5) is 0. The van der Waals surface area contributed by atoms with Gasteiger partial charge in [0.2, 0.25) is 0 Å². The zero-order valence-electron chi connectivity index (χ0n) is 14.5. The molecule has 2 aromatic carbocycles. The van der Waals surface area contributed by atoms with Crippen molar-refractivity contribution in [3.05, 3.63) is 84.7 Å². The second-order valence-corrected chi connectivity index (χ2v) is 5.67. The smallest absolute Gasteiger partial charge is 0.132 e. The molecule has 0 fully saturated rings. The highest BCUT2D eigenvalue weighted by Crippen LogP contribution is 2.21. The fraction of sp³-hybridized carbons (Fsp3) is 0.100. The fourth-order valence-electron chi connectivity index (χ4n) is 2.53. The summed E-state index contributed by atoms with van der Waals surface area (Å²) in [6, 6.07) is 16.9. The Hall–Kier alpha value is -3.28. The molecule has 0 radical (unpaired) electrons. The molecular weight excluding hydrogens is 334 g/mol. The number of aryl methyl sites for hydroxylation is 2. The van der Waals surface area contributed by atoms with E-state index < -0.39 is 0 Å². The SMILES string of the molecule is Cn1ccc(-c2ccccc2F)n1.Cn1nccc1-c1ccccc1F. The van der Waals surface area contributed by atoms with Crippen LogP contribution in [-0.4, -0.2) is 19.6 Å². The van der Waals surface area contributed by atoms with Gasteiger partial charge in [-0.3, -0.25) is 9.36 Å². The maximum Gasteiger partial charge on any atom is 0.132 e. The molecule has 0 amide bonds.